The smallest absolute Gasteiger partial charge is 0.322 e. The third kappa shape index (κ3) is 5.79. The lowest BCUT2D eigenvalue weighted by Gasteiger charge is -2.29. The Morgan fingerprint density at radius 1 is 1.10 bits per heavy atom. The summed E-state index contributed by atoms with van der Waals surface area (Å²) in [5, 5.41) is 5.25. The summed E-state index contributed by atoms with van der Waals surface area (Å²) in [6, 6.07) is 5.01. The maximum absolute atomic E-state index is 12.8. The molecule has 0 unspecified atom stereocenters. The minimum Gasteiger partial charge on any atom is -0.322 e. The molecule has 0 aromatic heterocycles. The van der Waals surface area contributed by atoms with Crippen LogP contribution in [0.1, 0.15) is 69.8 Å². The highest BCUT2D eigenvalue weighted by Crippen LogP contribution is 2.29. The molecular weight excluding hydrogens is 366 g/mol. The van der Waals surface area contributed by atoms with Crippen LogP contribution in [0.2, 0.25) is 0 Å². The van der Waals surface area contributed by atoms with Crippen LogP contribution in [0.5, 0.6) is 0 Å². The SMILES string of the molecule is CC.CC(C)(C)c1cc(C(=O)NC2=CCCC=C2)cc(N2CCC(=O)NC2=O)c1. The van der Waals surface area contributed by atoms with Gasteiger partial charge in [0.15, 0.2) is 0 Å². The van der Waals surface area contributed by atoms with Gasteiger partial charge in [-0.1, -0.05) is 46.8 Å². The molecule has 2 N–H and O–H groups in total. The van der Waals surface area contributed by atoms with Crippen molar-refractivity contribution in [3.63, 3.8) is 0 Å². The largest absolute Gasteiger partial charge is 0.328 e. The summed E-state index contributed by atoms with van der Waals surface area (Å²) in [5.41, 5.74) is 2.64. The second-order valence-corrected chi connectivity index (χ2v) is 7.87. The summed E-state index contributed by atoms with van der Waals surface area (Å²) in [6.45, 7) is 10.5. The molecular formula is C23H31N3O3. The van der Waals surface area contributed by atoms with E-state index in [-0.39, 0.29) is 23.7 Å². The lowest BCUT2D eigenvalue weighted by atomic mass is 9.85. The number of carbonyl (C=O) groups is 3. The van der Waals surface area contributed by atoms with Crippen molar-refractivity contribution in [1.82, 2.24) is 10.6 Å². The first-order valence-electron chi connectivity index (χ1n) is 10.2. The Labute approximate surface area is 173 Å². The van der Waals surface area contributed by atoms with Crippen molar-refractivity contribution in [3.05, 3.63) is 53.3 Å². The van der Waals surface area contributed by atoms with Gasteiger partial charge in [-0.25, -0.2) is 4.79 Å². The van der Waals surface area contributed by atoms with E-state index in [1.165, 1.54) is 4.90 Å². The van der Waals surface area contributed by atoms with Crippen molar-refractivity contribution in [1.29, 1.82) is 0 Å². The van der Waals surface area contributed by atoms with Crippen LogP contribution in [-0.2, 0) is 10.2 Å². The van der Waals surface area contributed by atoms with Crippen molar-refractivity contribution in [3.8, 4) is 0 Å². The Balaban J connectivity index is 0.00000145. The standard InChI is InChI=1S/C21H25N3O3.C2H6/c1-21(2,3)15-11-14(19(26)22-16-7-5-4-6-8-16)12-17(13-15)24-10-9-18(25)23-20(24)27;1-2/h5,7-8,11-13H,4,6,9-10H2,1-3H3,(H,22,26)(H,23,25,27);1-2H3. The fourth-order valence-corrected chi connectivity index (χ4v) is 3.05. The van der Waals surface area contributed by atoms with Crippen LogP contribution in [-0.4, -0.2) is 24.4 Å². The van der Waals surface area contributed by atoms with Gasteiger partial charge in [0.1, 0.15) is 0 Å². The molecule has 1 aromatic carbocycles. The van der Waals surface area contributed by atoms with Gasteiger partial charge in [0, 0.05) is 29.9 Å². The van der Waals surface area contributed by atoms with Gasteiger partial charge in [0.05, 0.1) is 0 Å². The highest BCUT2D eigenvalue weighted by Gasteiger charge is 2.27. The molecule has 1 aliphatic carbocycles. The van der Waals surface area contributed by atoms with Gasteiger partial charge in [-0.15, -0.1) is 0 Å². The number of allylic oxidation sites excluding steroid dienone is 3. The number of rotatable bonds is 3. The van der Waals surface area contributed by atoms with Gasteiger partial charge in [0.2, 0.25) is 5.91 Å². The van der Waals surface area contributed by atoms with Crippen LogP contribution in [0.15, 0.2) is 42.1 Å². The maximum atomic E-state index is 12.8. The molecule has 156 valence electrons. The van der Waals surface area contributed by atoms with Crippen LogP contribution in [0, 0.1) is 0 Å². The first-order valence-corrected chi connectivity index (χ1v) is 10.2. The number of hydrogen-bond donors (Lipinski definition) is 2. The highest BCUT2D eigenvalue weighted by atomic mass is 16.2. The fourth-order valence-electron chi connectivity index (χ4n) is 3.05. The molecule has 0 saturated carbocycles. The molecule has 0 spiro atoms. The minimum absolute atomic E-state index is 0.197. The van der Waals surface area contributed by atoms with Crippen molar-refractivity contribution in [2.24, 2.45) is 0 Å². The number of urea groups is 1. The normalized spacial score (nSPS) is 16.4. The second kappa shape index (κ2) is 9.54. The number of nitrogens with one attached hydrogen (secondary N) is 2. The van der Waals surface area contributed by atoms with E-state index in [0.717, 1.165) is 24.1 Å². The van der Waals surface area contributed by atoms with Crippen LogP contribution >= 0.6 is 0 Å². The van der Waals surface area contributed by atoms with Crippen LogP contribution in [0.25, 0.3) is 0 Å². The molecule has 0 atom stereocenters. The number of imide groups is 1. The molecule has 1 fully saturated rings. The van der Waals surface area contributed by atoms with Crippen LogP contribution in [0.4, 0.5) is 10.5 Å². The number of carbonyl (C=O) groups excluding carboxylic acids is 3. The van der Waals surface area contributed by atoms with E-state index < -0.39 is 6.03 Å². The number of benzene rings is 1. The number of hydrogen-bond acceptors (Lipinski definition) is 3. The van der Waals surface area contributed by atoms with Crippen molar-refractivity contribution < 1.29 is 14.4 Å². The second-order valence-electron chi connectivity index (χ2n) is 7.87. The van der Waals surface area contributed by atoms with E-state index in [9.17, 15) is 14.4 Å². The Morgan fingerprint density at radius 2 is 1.83 bits per heavy atom. The van der Waals surface area contributed by atoms with E-state index in [1.54, 1.807) is 6.07 Å². The monoisotopic (exact) mass is 397 g/mol. The number of amides is 4. The van der Waals surface area contributed by atoms with E-state index in [4.69, 9.17) is 0 Å². The molecule has 0 bridgehead atoms. The van der Waals surface area contributed by atoms with E-state index >= 15 is 0 Å². The van der Waals surface area contributed by atoms with Gasteiger partial charge in [-0.3, -0.25) is 19.8 Å². The average Bonchev–Trinajstić information content (AvgIpc) is 2.69. The Kier molecular flexibility index (Phi) is 7.37. The molecule has 1 heterocycles. The molecule has 1 aliphatic heterocycles. The minimum atomic E-state index is -0.457. The van der Waals surface area contributed by atoms with E-state index in [0.29, 0.717) is 17.8 Å². The van der Waals surface area contributed by atoms with Gasteiger partial charge in [0.25, 0.3) is 5.91 Å². The van der Waals surface area contributed by atoms with Crippen LogP contribution < -0.4 is 15.5 Å². The quantitative estimate of drug-likeness (QED) is 0.792. The van der Waals surface area contributed by atoms with Gasteiger partial charge in [-0.2, -0.15) is 0 Å². The zero-order valence-corrected chi connectivity index (χ0v) is 18.0. The van der Waals surface area contributed by atoms with Crippen molar-refractivity contribution in [2.45, 2.75) is 59.3 Å². The summed E-state index contributed by atoms with van der Waals surface area (Å²) >= 11 is 0. The van der Waals surface area contributed by atoms with Crippen molar-refractivity contribution >= 4 is 23.5 Å². The maximum Gasteiger partial charge on any atom is 0.328 e. The van der Waals surface area contributed by atoms with Crippen molar-refractivity contribution in [2.75, 3.05) is 11.4 Å². The number of nitrogens with zero attached hydrogens (tertiary/aromatic N) is 1. The van der Waals surface area contributed by atoms with Gasteiger partial charge < -0.3 is 5.32 Å². The molecule has 6 heteroatoms. The molecule has 0 radical (unpaired) electrons. The Hall–Kier alpha value is -2.89. The van der Waals surface area contributed by atoms with E-state index in [1.807, 2.05) is 44.2 Å². The summed E-state index contributed by atoms with van der Waals surface area (Å²) in [5.74, 6) is -0.495. The summed E-state index contributed by atoms with van der Waals surface area (Å²) in [7, 11) is 0. The number of anilines is 1. The molecule has 2 aliphatic rings. The van der Waals surface area contributed by atoms with Gasteiger partial charge >= 0.3 is 6.03 Å². The summed E-state index contributed by atoms with van der Waals surface area (Å²) in [6.07, 6.45) is 8.05. The third-order valence-corrected chi connectivity index (χ3v) is 4.66. The third-order valence-electron chi connectivity index (χ3n) is 4.66. The topological polar surface area (TPSA) is 78.5 Å². The molecule has 4 amide bonds. The van der Waals surface area contributed by atoms with Gasteiger partial charge in [-0.05, 0) is 48.1 Å². The lowest BCUT2D eigenvalue weighted by molar-refractivity contribution is -0.120. The molecule has 6 nitrogen and oxygen atoms in total. The Bertz CT molecular complexity index is 847. The predicted molar refractivity (Wildman–Crippen MR) is 116 cm³/mol. The Morgan fingerprint density at radius 3 is 2.41 bits per heavy atom. The molecule has 29 heavy (non-hydrogen) atoms. The predicted octanol–water partition coefficient (Wildman–Crippen LogP) is 4.42. The highest BCUT2D eigenvalue weighted by molar-refractivity contribution is 6.06. The summed E-state index contributed by atoms with van der Waals surface area (Å²) in [4.78, 5) is 38.0. The average molecular weight is 398 g/mol. The summed E-state index contributed by atoms with van der Waals surface area (Å²) < 4.78 is 0. The fraction of sp³-hybridized carbons (Fsp3) is 0.435. The zero-order chi connectivity index (χ0) is 21.6. The first kappa shape index (κ1) is 22.4. The molecule has 1 aromatic rings. The van der Waals surface area contributed by atoms with Crippen LogP contribution in [0.3, 0.4) is 0 Å². The van der Waals surface area contributed by atoms with E-state index in [2.05, 4.69) is 31.4 Å². The molecule has 3 rings (SSSR count). The lowest BCUT2D eigenvalue weighted by Crippen LogP contribution is -2.49. The first-order chi connectivity index (χ1) is 13.7. The molecule has 1 saturated heterocycles. The zero-order valence-electron chi connectivity index (χ0n) is 18.0.